The molecule has 0 bridgehead atoms. The Balaban J connectivity index is 3.22. The maximum Gasteiger partial charge on any atom is 0.273 e. The normalized spacial score (nSPS) is 12.4. The lowest BCUT2D eigenvalue weighted by Crippen LogP contribution is -2.41. The minimum atomic E-state index is -4.30. The number of hydrogen-bond acceptors (Lipinski definition) is 5. The number of aryl methyl sites for hydroxylation is 1. The molecule has 0 amide bonds. The largest absolute Gasteiger partial charge is 0.325 e. The highest BCUT2D eigenvalue weighted by Crippen LogP contribution is 2.25. The van der Waals surface area contributed by atoms with Crippen LogP contribution < -0.4 is 10.5 Å². The van der Waals surface area contributed by atoms with Gasteiger partial charge in [-0.15, -0.1) is 0 Å². The molecular formula is C11H15F2N3O4S. The minimum Gasteiger partial charge on any atom is -0.325 e. The minimum absolute atomic E-state index is 0.254. The van der Waals surface area contributed by atoms with E-state index in [-0.39, 0.29) is 5.56 Å². The topological polar surface area (TPSA) is 115 Å². The Labute approximate surface area is 120 Å². The number of nitro benzene ring substituents is 1. The zero-order chi connectivity index (χ0) is 16.4. The molecule has 0 aliphatic heterocycles. The summed E-state index contributed by atoms with van der Waals surface area (Å²) in [7, 11) is -4.30. The lowest BCUT2D eigenvalue weighted by atomic mass is 10.1. The molecule has 0 aliphatic carbocycles. The van der Waals surface area contributed by atoms with E-state index in [0.29, 0.717) is 5.56 Å². The molecule has 0 saturated heterocycles. The fourth-order valence-electron chi connectivity index (χ4n) is 1.54. The van der Waals surface area contributed by atoms with Gasteiger partial charge in [0.1, 0.15) is 0 Å². The van der Waals surface area contributed by atoms with Gasteiger partial charge in [0.05, 0.1) is 22.9 Å². The summed E-state index contributed by atoms with van der Waals surface area (Å²) in [6.07, 6.45) is 0. The molecule has 10 heteroatoms. The van der Waals surface area contributed by atoms with E-state index in [9.17, 15) is 27.3 Å². The van der Waals surface area contributed by atoms with Gasteiger partial charge in [-0.25, -0.2) is 21.9 Å². The molecule has 21 heavy (non-hydrogen) atoms. The van der Waals surface area contributed by atoms with Crippen molar-refractivity contribution in [3.05, 3.63) is 33.4 Å². The number of halogens is 2. The van der Waals surface area contributed by atoms with Gasteiger partial charge in [0.2, 0.25) is 10.0 Å². The third-order valence-corrected chi connectivity index (χ3v) is 4.45. The van der Waals surface area contributed by atoms with Crippen LogP contribution in [0.1, 0.15) is 11.1 Å². The molecule has 0 radical (unpaired) electrons. The van der Waals surface area contributed by atoms with Crippen LogP contribution in [-0.4, -0.2) is 32.4 Å². The van der Waals surface area contributed by atoms with Crippen molar-refractivity contribution >= 4 is 15.7 Å². The quantitative estimate of drug-likeness (QED) is 0.600. The molecule has 0 saturated carbocycles. The van der Waals surface area contributed by atoms with Crippen molar-refractivity contribution in [1.82, 2.24) is 4.72 Å². The number of alkyl halides is 2. The molecule has 7 nitrogen and oxygen atoms in total. The fourth-order valence-corrected chi connectivity index (χ4v) is 2.94. The van der Waals surface area contributed by atoms with Crippen LogP contribution in [0.25, 0.3) is 0 Å². The highest BCUT2D eigenvalue weighted by Gasteiger charge is 2.30. The van der Waals surface area contributed by atoms with E-state index < -0.39 is 44.5 Å². The van der Waals surface area contributed by atoms with E-state index in [0.717, 1.165) is 6.07 Å². The second-order valence-corrected chi connectivity index (χ2v) is 6.26. The highest BCUT2D eigenvalue weighted by atomic mass is 32.2. The van der Waals surface area contributed by atoms with Crippen molar-refractivity contribution in [1.29, 1.82) is 0 Å². The van der Waals surface area contributed by atoms with Gasteiger partial charge < -0.3 is 5.73 Å². The number of sulfonamides is 1. The Morgan fingerprint density at radius 3 is 2.43 bits per heavy atom. The molecule has 0 heterocycles. The first kappa shape index (κ1) is 17.4. The summed E-state index contributed by atoms with van der Waals surface area (Å²) in [6, 6.07) is 2.05. The second-order valence-electron chi connectivity index (χ2n) is 4.53. The molecule has 1 rings (SSSR count). The van der Waals surface area contributed by atoms with Crippen LogP contribution in [0.5, 0.6) is 0 Å². The van der Waals surface area contributed by atoms with Crippen molar-refractivity contribution in [2.75, 3.05) is 13.1 Å². The van der Waals surface area contributed by atoms with Crippen molar-refractivity contribution < 1.29 is 22.1 Å². The Bertz CT molecular complexity index is 662. The number of nitrogens with two attached hydrogens (primary N) is 1. The summed E-state index contributed by atoms with van der Waals surface area (Å²) >= 11 is 0. The molecular weight excluding hydrogens is 308 g/mol. The number of hydrogen-bond donors (Lipinski definition) is 2. The van der Waals surface area contributed by atoms with Gasteiger partial charge >= 0.3 is 0 Å². The monoisotopic (exact) mass is 323 g/mol. The molecule has 1 aromatic carbocycles. The number of non-ortho nitro benzene ring substituents is 1. The Morgan fingerprint density at radius 1 is 1.38 bits per heavy atom. The van der Waals surface area contributed by atoms with E-state index >= 15 is 0 Å². The number of rotatable bonds is 6. The van der Waals surface area contributed by atoms with Gasteiger partial charge in [0, 0.05) is 12.1 Å². The van der Waals surface area contributed by atoms with Crippen molar-refractivity contribution in [2.45, 2.75) is 24.7 Å². The average Bonchev–Trinajstić information content (AvgIpc) is 2.39. The summed E-state index contributed by atoms with van der Waals surface area (Å²) in [5.74, 6) is -3.39. The second kappa shape index (κ2) is 6.00. The molecule has 118 valence electrons. The van der Waals surface area contributed by atoms with Gasteiger partial charge in [-0.3, -0.25) is 10.1 Å². The van der Waals surface area contributed by atoms with Crippen LogP contribution >= 0.6 is 0 Å². The molecule has 1 aromatic rings. The summed E-state index contributed by atoms with van der Waals surface area (Å²) in [5, 5.41) is 10.8. The number of nitrogens with zero attached hydrogens (tertiary/aromatic N) is 1. The molecule has 0 atom stereocenters. The summed E-state index contributed by atoms with van der Waals surface area (Å²) in [4.78, 5) is 9.61. The van der Waals surface area contributed by atoms with Crippen LogP contribution in [0.3, 0.4) is 0 Å². The summed E-state index contributed by atoms with van der Waals surface area (Å²) in [5.41, 5.74) is 5.02. The van der Waals surface area contributed by atoms with Gasteiger partial charge in [-0.05, 0) is 25.0 Å². The third kappa shape index (κ3) is 4.16. The molecule has 0 unspecified atom stereocenters. The van der Waals surface area contributed by atoms with Crippen molar-refractivity contribution in [3.8, 4) is 0 Å². The molecule has 0 aliphatic rings. The van der Waals surface area contributed by atoms with Gasteiger partial charge in [0.15, 0.2) is 0 Å². The SMILES string of the molecule is Cc1cc([N+](=O)[O-])cc(S(=O)(=O)NCC(F)(F)CN)c1C. The maximum atomic E-state index is 13.0. The predicted molar refractivity (Wildman–Crippen MR) is 71.8 cm³/mol. The van der Waals surface area contributed by atoms with Gasteiger partial charge in [-0.1, -0.05) is 0 Å². The van der Waals surface area contributed by atoms with E-state index in [1.807, 2.05) is 0 Å². The molecule has 0 spiro atoms. The predicted octanol–water partition coefficient (Wildman–Crippen LogP) is 1.08. The molecule has 0 aromatic heterocycles. The van der Waals surface area contributed by atoms with Crippen molar-refractivity contribution in [2.24, 2.45) is 5.73 Å². The highest BCUT2D eigenvalue weighted by molar-refractivity contribution is 7.89. The number of nitrogens with one attached hydrogen (secondary N) is 1. The molecule has 3 N–H and O–H groups in total. The van der Waals surface area contributed by atoms with E-state index in [4.69, 9.17) is 5.73 Å². The first-order valence-corrected chi connectivity index (χ1v) is 7.32. The van der Waals surface area contributed by atoms with Crippen LogP contribution in [-0.2, 0) is 10.0 Å². The average molecular weight is 323 g/mol. The Hall–Kier alpha value is -1.65. The van der Waals surface area contributed by atoms with Crippen LogP contribution in [0.2, 0.25) is 0 Å². The van der Waals surface area contributed by atoms with E-state index in [1.165, 1.54) is 19.9 Å². The molecule has 0 fully saturated rings. The van der Waals surface area contributed by atoms with Crippen molar-refractivity contribution in [3.63, 3.8) is 0 Å². The Kier molecular flexibility index (Phi) is 4.97. The first-order valence-electron chi connectivity index (χ1n) is 5.83. The lowest BCUT2D eigenvalue weighted by molar-refractivity contribution is -0.385. The fraction of sp³-hybridized carbons (Fsp3) is 0.455. The van der Waals surface area contributed by atoms with Gasteiger partial charge in [0.25, 0.3) is 11.6 Å². The lowest BCUT2D eigenvalue weighted by Gasteiger charge is -2.16. The maximum absolute atomic E-state index is 13.0. The summed E-state index contributed by atoms with van der Waals surface area (Å²) in [6.45, 7) is 0.750. The van der Waals surface area contributed by atoms with Crippen LogP contribution in [0.4, 0.5) is 14.5 Å². The first-order chi connectivity index (χ1) is 9.50. The van der Waals surface area contributed by atoms with Crippen LogP contribution in [0.15, 0.2) is 17.0 Å². The summed E-state index contributed by atoms with van der Waals surface area (Å²) < 4.78 is 51.8. The number of nitro groups is 1. The third-order valence-electron chi connectivity index (χ3n) is 2.92. The standard InChI is InChI=1S/C11H15F2N3O4S/c1-7-3-9(16(17)18)4-10(8(7)2)21(19,20)15-6-11(12,13)5-14/h3-4,15H,5-6,14H2,1-2H3. The Morgan fingerprint density at radius 2 is 1.95 bits per heavy atom. The zero-order valence-corrected chi connectivity index (χ0v) is 12.2. The van der Waals surface area contributed by atoms with E-state index in [2.05, 4.69) is 0 Å². The van der Waals surface area contributed by atoms with Crippen LogP contribution in [0, 0.1) is 24.0 Å². The van der Waals surface area contributed by atoms with Gasteiger partial charge in [-0.2, -0.15) is 0 Å². The smallest absolute Gasteiger partial charge is 0.273 e. The van der Waals surface area contributed by atoms with E-state index in [1.54, 1.807) is 4.72 Å². The number of benzene rings is 1. The zero-order valence-electron chi connectivity index (χ0n) is 11.4.